The van der Waals surface area contributed by atoms with E-state index in [1.807, 2.05) is 74.5 Å². The Morgan fingerprint density at radius 2 is 1.68 bits per heavy atom. The van der Waals surface area contributed by atoms with Crippen molar-refractivity contribution in [3.05, 3.63) is 95.8 Å². The molecular formula is C35H43NO8. The van der Waals surface area contributed by atoms with Gasteiger partial charge in [0.05, 0.1) is 38.4 Å². The van der Waals surface area contributed by atoms with Crippen LogP contribution >= 0.6 is 0 Å². The first-order valence-corrected chi connectivity index (χ1v) is 15.1. The number of aliphatic hydroxyl groups is 1. The third kappa shape index (κ3) is 8.43. The molecule has 1 N–H and O–H groups in total. The van der Waals surface area contributed by atoms with Crippen LogP contribution in [0.3, 0.4) is 0 Å². The van der Waals surface area contributed by atoms with Crippen LogP contribution < -0.4 is 0 Å². The van der Waals surface area contributed by atoms with Gasteiger partial charge in [-0.15, -0.1) is 0 Å². The zero-order valence-corrected chi connectivity index (χ0v) is 25.9. The molecule has 44 heavy (non-hydrogen) atoms. The van der Waals surface area contributed by atoms with Crippen molar-refractivity contribution in [2.75, 3.05) is 19.8 Å². The predicted octanol–water partition coefficient (Wildman–Crippen LogP) is 5.02. The van der Waals surface area contributed by atoms with E-state index in [9.17, 15) is 19.5 Å². The zero-order valence-electron chi connectivity index (χ0n) is 25.9. The zero-order chi connectivity index (χ0) is 31.7. The molecule has 0 saturated carbocycles. The van der Waals surface area contributed by atoms with Crippen LogP contribution in [0.15, 0.2) is 84.7 Å². The van der Waals surface area contributed by atoms with Crippen molar-refractivity contribution >= 4 is 17.8 Å². The quantitative estimate of drug-likeness (QED) is 0.299. The summed E-state index contributed by atoms with van der Waals surface area (Å²) in [5.74, 6) is -1.42. The van der Waals surface area contributed by atoms with Gasteiger partial charge in [0.2, 0.25) is 5.91 Å². The van der Waals surface area contributed by atoms with Crippen molar-refractivity contribution in [1.82, 2.24) is 4.90 Å². The predicted molar refractivity (Wildman–Crippen MR) is 164 cm³/mol. The molecule has 2 aromatic carbocycles. The summed E-state index contributed by atoms with van der Waals surface area (Å²) in [6, 6.07) is 18.6. The molecule has 9 heteroatoms. The van der Waals surface area contributed by atoms with Gasteiger partial charge in [0, 0.05) is 0 Å². The number of hydrogen-bond acceptors (Lipinski definition) is 8. The molecule has 2 aromatic rings. The molecule has 0 bridgehead atoms. The van der Waals surface area contributed by atoms with Crippen molar-refractivity contribution in [1.29, 1.82) is 0 Å². The second-order valence-electron chi connectivity index (χ2n) is 12.0. The molecule has 2 aliphatic rings. The first-order chi connectivity index (χ1) is 21.1. The second kappa shape index (κ2) is 15.3. The van der Waals surface area contributed by atoms with Crippen molar-refractivity contribution in [3.63, 3.8) is 0 Å². The van der Waals surface area contributed by atoms with Crippen LogP contribution in [0.5, 0.6) is 0 Å². The molecule has 0 spiro atoms. The van der Waals surface area contributed by atoms with Gasteiger partial charge in [0.15, 0.2) is 11.9 Å². The molecule has 2 amide bonds. The van der Waals surface area contributed by atoms with Crippen LogP contribution in [-0.4, -0.2) is 71.5 Å². The van der Waals surface area contributed by atoms with Gasteiger partial charge in [-0.1, -0.05) is 74.5 Å². The van der Waals surface area contributed by atoms with Crippen LogP contribution in [0.2, 0.25) is 0 Å². The minimum atomic E-state index is -1.12. The van der Waals surface area contributed by atoms with Crippen molar-refractivity contribution in [3.8, 4) is 0 Å². The smallest absolute Gasteiger partial charge is 0.417 e. The van der Waals surface area contributed by atoms with E-state index in [0.29, 0.717) is 25.4 Å². The molecule has 0 radical (unpaired) electrons. The van der Waals surface area contributed by atoms with Crippen LogP contribution in [0.4, 0.5) is 4.79 Å². The lowest BCUT2D eigenvalue weighted by atomic mass is 9.85. The van der Waals surface area contributed by atoms with E-state index in [2.05, 4.69) is 0 Å². The van der Waals surface area contributed by atoms with Crippen molar-refractivity contribution in [2.24, 2.45) is 11.8 Å². The van der Waals surface area contributed by atoms with Crippen LogP contribution in [0.25, 0.3) is 0 Å². The van der Waals surface area contributed by atoms with Crippen LogP contribution in [0.1, 0.15) is 45.2 Å². The summed E-state index contributed by atoms with van der Waals surface area (Å²) in [5.41, 5.74) is 0.981. The lowest BCUT2D eigenvalue weighted by Crippen LogP contribution is -2.53. The fourth-order valence-corrected chi connectivity index (χ4v) is 5.80. The van der Waals surface area contributed by atoms with Gasteiger partial charge in [0.1, 0.15) is 17.5 Å². The molecule has 0 aromatic heterocycles. The Balaban J connectivity index is 1.42. The number of nitrogens with zero attached hydrogens (tertiary/aromatic N) is 1. The van der Waals surface area contributed by atoms with Gasteiger partial charge in [-0.2, -0.15) is 0 Å². The second-order valence-corrected chi connectivity index (χ2v) is 12.0. The van der Waals surface area contributed by atoms with Crippen molar-refractivity contribution < 1.29 is 38.4 Å². The van der Waals surface area contributed by atoms with Gasteiger partial charge >= 0.3 is 6.09 Å². The SMILES string of the molecule is CC(C)[C@@H]1N(C(=O)[C@@H](Cc2ccccc2)C2O/C(=C\CCOC[C@H](CO)OCc3ccccc3)C=CC2=O)C(=O)OC1(C)C. The maximum Gasteiger partial charge on any atom is 0.417 e. The molecule has 9 nitrogen and oxygen atoms in total. The molecule has 1 unspecified atom stereocenters. The fraction of sp³-hybridized carbons (Fsp3) is 0.457. The van der Waals surface area contributed by atoms with E-state index in [0.717, 1.165) is 11.1 Å². The first-order valence-electron chi connectivity index (χ1n) is 15.1. The highest BCUT2D eigenvalue weighted by Crippen LogP contribution is 2.37. The molecule has 1 fully saturated rings. The number of carbonyl (C=O) groups excluding carboxylic acids is 3. The van der Waals surface area contributed by atoms with E-state index in [1.165, 1.54) is 11.0 Å². The number of ketones is 1. The minimum Gasteiger partial charge on any atom is -0.482 e. The van der Waals surface area contributed by atoms with Gasteiger partial charge in [0.25, 0.3) is 0 Å². The summed E-state index contributed by atoms with van der Waals surface area (Å²) in [6.45, 7) is 8.22. The minimum absolute atomic E-state index is 0.0646. The molecule has 2 aliphatic heterocycles. The topological polar surface area (TPSA) is 112 Å². The van der Waals surface area contributed by atoms with Gasteiger partial charge in [-0.3, -0.25) is 9.59 Å². The number of aliphatic hydroxyl groups excluding tert-OH is 1. The average molecular weight is 606 g/mol. The highest BCUT2D eigenvalue weighted by Gasteiger charge is 2.54. The number of benzene rings is 2. The van der Waals surface area contributed by atoms with Gasteiger partial charge in [-0.05, 0) is 62.0 Å². The lowest BCUT2D eigenvalue weighted by molar-refractivity contribution is -0.144. The van der Waals surface area contributed by atoms with E-state index in [4.69, 9.17) is 18.9 Å². The number of cyclic esters (lactones) is 1. The number of ether oxygens (including phenoxy) is 4. The van der Waals surface area contributed by atoms with E-state index < -0.39 is 41.8 Å². The molecule has 236 valence electrons. The molecule has 4 rings (SSSR count). The summed E-state index contributed by atoms with van der Waals surface area (Å²) in [5, 5.41) is 9.65. The summed E-state index contributed by atoms with van der Waals surface area (Å²) in [4.78, 5) is 41.5. The van der Waals surface area contributed by atoms with E-state index in [-0.39, 0.29) is 31.3 Å². The van der Waals surface area contributed by atoms with E-state index >= 15 is 0 Å². The largest absolute Gasteiger partial charge is 0.482 e. The monoisotopic (exact) mass is 605 g/mol. The van der Waals surface area contributed by atoms with Gasteiger partial charge < -0.3 is 24.1 Å². The number of hydrogen-bond donors (Lipinski definition) is 1. The number of allylic oxidation sites excluding steroid dienone is 1. The first kappa shape index (κ1) is 33.1. The number of carbonyl (C=O) groups is 3. The maximum atomic E-state index is 14.1. The fourth-order valence-electron chi connectivity index (χ4n) is 5.80. The van der Waals surface area contributed by atoms with Crippen LogP contribution in [0, 0.1) is 11.8 Å². The highest BCUT2D eigenvalue weighted by molar-refractivity contribution is 6.02. The molecule has 0 aliphatic carbocycles. The standard InChI is InChI=1S/C35H43NO8/c1-24(2)32-35(3,4)44-34(40)36(32)33(39)29(20-25-12-7-5-8-13-25)31-30(38)18-17-27(43-31)16-11-19-41-23-28(21-37)42-22-26-14-9-6-10-15-26/h5-10,12-18,24,28-29,31-32,37H,11,19-23H2,1-4H3/b27-16-/t28-,29-,31?,32-/m0/s1. The average Bonchev–Trinajstić information content (AvgIpc) is 3.26. The molecule has 1 saturated heterocycles. The van der Waals surface area contributed by atoms with Gasteiger partial charge in [-0.25, -0.2) is 9.69 Å². The van der Waals surface area contributed by atoms with E-state index in [1.54, 1.807) is 26.0 Å². The Kier molecular flexibility index (Phi) is 11.5. The Bertz CT molecular complexity index is 1320. The highest BCUT2D eigenvalue weighted by atomic mass is 16.6. The third-order valence-corrected chi connectivity index (χ3v) is 7.79. The Labute approximate surface area is 259 Å². The molecule has 4 atom stereocenters. The number of imide groups is 1. The Morgan fingerprint density at radius 1 is 1.02 bits per heavy atom. The Hall–Kier alpha value is -3.79. The number of amides is 2. The summed E-state index contributed by atoms with van der Waals surface area (Å²) >= 11 is 0. The molecule has 2 heterocycles. The third-order valence-electron chi connectivity index (χ3n) is 7.79. The summed E-state index contributed by atoms with van der Waals surface area (Å²) in [7, 11) is 0. The number of rotatable bonds is 14. The molecular weight excluding hydrogens is 562 g/mol. The Morgan fingerprint density at radius 3 is 2.32 bits per heavy atom. The lowest BCUT2D eigenvalue weighted by Gasteiger charge is -2.35. The van der Waals surface area contributed by atoms with Crippen LogP contribution in [-0.2, 0) is 41.6 Å². The summed E-state index contributed by atoms with van der Waals surface area (Å²) < 4.78 is 23.2. The normalized spacial score (nSPS) is 21.8. The van der Waals surface area contributed by atoms with Crippen molar-refractivity contribution in [2.45, 2.75) is 71.0 Å². The maximum absolute atomic E-state index is 14.1. The summed E-state index contributed by atoms with van der Waals surface area (Å²) in [6.07, 6.45) is 3.18.